The third kappa shape index (κ3) is 4.34. The van der Waals surface area contributed by atoms with Gasteiger partial charge in [0, 0.05) is 22.0 Å². The number of amides is 1. The van der Waals surface area contributed by atoms with Crippen LogP contribution in [0.1, 0.15) is 24.1 Å². The fourth-order valence-electron chi connectivity index (χ4n) is 4.89. The number of fused-ring (bicyclic) bond motifs is 4. The van der Waals surface area contributed by atoms with Crippen LogP contribution in [0.15, 0.2) is 66.7 Å². The zero-order valence-corrected chi connectivity index (χ0v) is 21.2. The average molecular weight is 548 g/mol. The lowest BCUT2D eigenvalue weighted by atomic mass is 9.78. The highest BCUT2D eigenvalue weighted by molar-refractivity contribution is 7.80. The van der Waals surface area contributed by atoms with Crippen molar-refractivity contribution in [3.8, 4) is 11.5 Å². The maximum Gasteiger partial charge on any atom is 0.416 e. The third-order valence-corrected chi connectivity index (χ3v) is 7.09. The number of ether oxygens (including phenoxy) is 2. The minimum atomic E-state index is -4.57. The Morgan fingerprint density at radius 2 is 1.86 bits per heavy atom. The van der Waals surface area contributed by atoms with E-state index in [2.05, 4.69) is 10.6 Å². The molecule has 3 atom stereocenters. The van der Waals surface area contributed by atoms with Gasteiger partial charge in [-0.15, -0.1) is 0 Å². The van der Waals surface area contributed by atoms with E-state index in [0.29, 0.717) is 27.8 Å². The van der Waals surface area contributed by atoms with Crippen LogP contribution in [0, 0.1) is 5.92 Å². The molecular formula is C26H21ClF3N3O3S. The predicted molar refractivity (Wildman–Crippen MR) is 138 cm³/mol. The smallest absolute Gasteiger partial charge is 0.416 e. The molecule has 3 unspecified atom stereocenters. The molecule has 37 heavy (non-hydrogen) atoms. The summed E-state index contributed by atoms with van der Waals surface area (Å²) in [6, 6.07) is 15.9. The highest BCUT2D eigenvalue weighted by Gasteiger charge is 2.59. The van der Waals surface area contributed by atoms with Crippen molar-refractivity contribution in [2.75, 3.05) is 17.3 Å². The van der Waals surface area contributed by atoms with Crippen molar-refractivity contribution in [1.82, 2.24) is 5.32 Å². The van der Waals surface area contributed by atoms with Crippen molar-refractivity contribution in [3.63, 3.8) is 0 Å². The number of rotatable bonds is 4. The van der Waals surface area contributed by atoms with Crippen LogP contribution < -0.4 is 25.0 Å². The van der Waals surface area contributed by atoms with Crippen LogP contribution in [0.5, 0.6) is 11.5 Å². The van der Waals surface area contributed by atoms with Gasteiger partial charge >= 0.3 is 6.18 Å². The summed E-state index contributed by atoms with van der Waals surface area (Å²) in [5.41, 5.74) is -1.11. The quantitative estimate of drug-likeness (QED) is 0.381. The van der Waals surface area contributed by atoms with Crippen molar-refractivity contribution >= 4 is 46.2 Å². The first-order valence-corrected chi connectivity index (χ1v) is 12.0. The maximum atomic E-state index is 13.8. The third-order valence-electron chi connectivity index (χ3n) is 6.54. The number of methoxy groups -OCH3 is 1. The van der Waals surface area contributed by atoms with Crippen LogP contribution in [0.2, 0.25) is 5.02 Å². The van der Waals surface area contributed by atoms with Crippen molar-refractivity contribution in [2.24, 2.45) is 5.92 Å². The van der Waals surface area contributed by atoms with Gasteiger partial charge in [-0.25, -0.2) is 0 Å². The van der Waals surface area contributed by atoms with Gasteiger partial charge < -0.3 is 20.1 Å². The Morgan fingerprint density at radius 3 is 2.54 bits per heavy atom. The van der Waals surface area contributed by atoms with Crippen molar-refractivity contribution in [1.29, 1.82) is 0 Å². The lowest BCUT2D eigenvalue weighted by Gasteiger charge is -2.56. The van der Waals surface area contributed by atoms with Crippen molar-refractivity contribution in [3.05, 3.63) is 82.9 Å². The first-order valence-electron chi connectivity index (χ1n) is 11.2. The second-order valence-electron chi connectivity index (χ2n) is 8.82. The number of thiocarbonyl (C=S) groups is 1. The number of nitrogens with zero attached hydrogens (tertiary/aromatic N) is 1. The number of carbonyl (C=O) groups is 1. The molecule has 3 aromatic rings. The summed E-state index contributed by atoms with van der Waals surface area (Å²) in [5.74, 6) is -0.566. The Balaban J connectivity index is 1.65. The topological polar surface area (TPSA) is 62.8 Å². The average Bonchev–Trinajstić information content (AvgIpc) is 2.84. The van der Waals surface area contributed by atoms with Gasteiger partial charge in [0.05, 0.1) is 18.7 Å². The number of hydrogen-bond donors (Lipinski definition) is 2. The normalized spacial score (nSPS) is 22.4. The maximum absolute atomic E-state index is 13.8. The molecule has 6 nitrogen and oxygen atoms in total. The van der Waals surface area contributed by atoms with Crippen LogP contribution in [-0.2, 0) is 11.0 Å². The molecule has 1 fully saturated rings. The summed E-state index contributed by atoms with van der Waals surface area (Å²) < 4.78 is 52.7. The molecule has 5 rings (SSSR count). The fourth-order valence-corrected chi connectivity index (χ4v) is 5.43. The summed E-state index contributed by atoms with van der Waals surface area (Å²) in [5, 5.41) is 6.67. The van der Waals surface area contributed by atoms with Crippen LogP contribution in [0.4, 0.5) is 24.5 Å². The number of para-hydroxylation sites is 1. The summed E-state index contributed by atoms with van der Waals surface area (Å²) in [6.45, 7) is 1.63. The SMILES string of the molecule is COc1cccc2c1OC1(C)C(C(=O)Nc3ccc(Cl)cc3)C2NC(=S)N1c1cccc(C(F)(F)F)c1. The molecule has 1 amide bonds. The molecule has 3 aromatic carbocycles. The van der Waals surface area contributed by atoms with E-state index in [1.54, 1.807) is 49.4 Å². The first-order chi connectivity index (χ1) is 17.5. The standard InChI is InChI=1S/C26H21ClF3N3O3S/c1-25-20(23(34)31-16-11-9-15(27)10-12-16)21(18-7-4-8-19(35-2)22(18)36-25)32-24(37)33(25)17-6-3-5-14(13-17)26(28,29)30/h3-13,20-21H,1-2H3,(H,31,34)(H,32,37). The molecule has 2 N–H and O–H groups in total. The molecule has 2 heterocycles. The highest BCUT2D eigenvalue weighted by atomic mass is 35.5. The molecule has 0 spiro atoms. The Labute approximate surface area is 221 Å². The lowest BCUT2D eigenvalue weighted by molar-refractivity contribution is -0.137. The molecule has 2 bridgehead atoms. The zero-order chi connectivity index (χ0) is 26.5. The first kappa shape index (κ1) is 25.2. The second kappa shape index (κ2) is 9.11. The second-order valence-corrected chi connectivity index (χ2v) is 9.64. The Hall–Kier alpha value is -3.50. The Bertz CT molecular complexity index is 1390. The van der Waals surface area contributed by atoms with Gasteiger partial charge in [-0.1, -0.05) is 29.8 Å². The number of alkyl halides is 3. The Kier molecular flexibility index (Phi) is 6.19. The van der Waals surface area contributed by atoms with Gasteiger partial charge in [0.25, 0.3) is 0 Å². The van der Waals surface area contributed by atoms with Gasteiger partial charge in [-0.3, -0.25) is 9.69 Å². The van der Waals surface area contributed by atoms with Gasteiger partial charge in [-0.05, 0) is 67.7 Å². The number of benzene rings is 3. The zero-order valence-electron chi connectivity index (χ0n) is 19.6. The van der Waals surface area contributed by atoms with Crippen molar-refractivity contribution < 1.29 is 27.4 Å². The summed E-state index contributed by atoms with van der Waals surface area (Å²) >= 11 is 11.6. The predicted octanol–water partition coefficient (Wildman–Crippen LogP) is 6.17. The molecule has 11 heteroatoms. The van der Waals surface area contributed by atoms with Gasteiger partial charge in [-0.2, -0.15) is 13.2 Å². The van der Waals surface area contributed by atoms with Gasteiger partial charge in [0.1, 0.15) is 5.92 Å². The van der Waals surface area contributed by atoms with E-state index in [4.69, 9.17) is 33.3 Å². The van der Waals surface area contributed by atoms with E-state index in [9.17, 15) is 18.0 Å². The number of halogens is 4. The monoisotopic (exact) mass is 547 g/mol. The molecule has 0 aromatic heterocycles. The van der Waals surface area contributed by atoms with E-state index in [1.165, 1.54) is 24.1 Å². The molecule has 0 radical (unpaired) electrons. The lowest BCUT2D eigenvalue weighted by Crippen LogP contribution is -2.72. The van der Waals surface area contributed by atoms with E-state index in [0.717, 1.165) is 12.1 Å². The summed E-state index contributed by atoms with van der Waals surface area (Å²) in [7, 11) is 1.49. The van der Waals surface area contributed by atoms with E-state index in [1.807, 2.05) is 0 Å². The van der Waals surface area contributed by atoms with Crippen LogP contribution >= 0.6 is 23.8 Å². The minimum absolute atomic E-state index is 0.121. The van der Waals surface area contributed by atoms with E-state index in [-0.39, 0.29) is 10.8 Å². The van der Waals surface area contributed by atoms with Gasteiger partial charge in [0.15, 0.2) is 22.3 Å². The van der Waals surface area contributed by atoms with Crippen LogP contribution in [0.3, 0.4) is 0 Å². The molecule has 0 aliphatic carbocycles. The molecular weight excluding hydrogens is 527 g/mol. The Morgan fingerprint density at radius 1 is 1.16 bits per heavy atom. The van der Waals surface area contributed by atoms with Gasteiger partial charge in [0.2, 0.25) is 5.91 Å². The summed E-state index contributed by atoms with van der Waals surface area (Å²) in [4.78, 5) is 15.2. The number of nitrogens with one attached hydrogen (secondary N) is 2. The number of anilines is 2. The number of carbonyl (C=O) groups excluding carboxylic acids is 1. The summed E-state index contributed by atoms with van der Waals surface area (Å²) in [6.07, 6.45) is -4.57. The number of hydrogen-bond acceptors (Lipinski definition) is 4. The fraction of sp³-hybridized carbons (Fsp3) is 0.231. The van der Waals surface area contributed by atoms with Crippen LogP contribution in [-0.4, -0.2) is 23.9 Å². The molecule has 2 aliphatic heterocycles. The van der Waals surface area contributed by atoms with E-state index < -0.39 is 35.3 Å². The molecule has 192 valence electrons. The minimum Gasteiger partial charge on any atom is -0.493 e. The van der Waals surface area contributed by atoms with Crippen molar-refractivity contribution in [2.45, 2.75) is 24.9 Å². The molecule has 1 saturated heterocycles. The van der Waals surface area contributed by atoms with E-state index >= 15 is 0 Å². The largest absolute Gasteiger partial charge is 0.493 e. The molecule has 0 saturated carbocycles. The highest BCUT2D eigenvalue weighted by Crippen LogP contribution is 2.52. The van der Waals surface area contributed by atoms with Crippen LogP contribution in [0.25, 0.3) is 0 Å². The molecule has 2 aliphatic rings.